The van der Waals surface area contributed by atoms with E-state index in [-0.39, 0.29) is 13.0 Å². The second-order valence-corrected chi connectivity index (χ2v) is 14.5. The maximum Gasteiger partial charge on any atom is 0.340 e. The number of unbranched alkanes of at least 4 members (excludes halogenated alkanes) is 4. The second kappa shape index (κ2) is 15.4. The molecule has 8 nitrogen and oxygen atoms in total. The number of rotatable bonds is 14. The largest absolute Gasteiger partial charge is 0.460 e. The predicted octanol–water partition coefficient (Wildman–Crippen LogP) is 7.47. The molecular weight excluding hydrogens is 560 g/mol. The van der Waals surface area contributed by atoms with Crippen molar-refractivity contribution in [3.8, 4) is 0 Å². The summed E-state index contributed by atoms with van der Waals surface area (Å²) in [7, 11) is 0. The lowest BCUT2D eigenvalue weighted by Gasteiger charge is -2.47. The summed E-state index contributed by atoms with van der Waals surface area (Å²) in [6.07, 6.45) is 11.5. The fourth-order valence-corrected chi connectivity index (χ4v) is 5.73. The molecule has 2 atom stereocenters. The van der Waals surface area contributed by atoms with Crippen molar-refractivity contribution < 1.29 is 38.0 Å². The summed E-state index contributed by atoms with van der Waals surface area (Å²) in [5.41, 5.74) is -1.72. The van der Waals surface area contributed by atoms with Gasteiger partial charge in [-0.1, -0.05) is 55.3 Å². The predicted molar refractivity (Wildman–Crippen MR) is 170 cm³/mol. The SMILES string of the molecule is CC(C)(C)OC(=O)C[C@]1(C(=O)OC(C)(C)C)OC(C)(C)OC[C@H]1/C=C/CCCCCCC1(CCc2ccccc2)OCCO1. The van der Waals surface area contributed by atoms with Gasteiger partial charge in [-0.2, -0.15) is 0 Å². The molecule has 2 fully saturated rings. The Labute approximate surface area is 265 Å². The Morgan fingerprint density at radius 1 is 0.864 bits per heavy atom. The fraction of sp³-hybridized carbons (Fsp3) is 0.722. The van der Waals surface area contributed by atoms with Crippen molar-refractivity contribution in [3.05, 3.63) is 48.0 Å². The van der Waals surface area contributed by atoms with E-state index in [1.807, 2.05) is 12.1 Å². The highest BCUT2D eigenvalue weighted by atomic mass is 16.7. The lowest BCUT2D eigenvalue weighted by atomic mass is 9.82. The number of hydrogen-bond acceptors (Lipinski definition) is 8. The molecule has 0 saturated carbocycles. The van der Waals surface area contributed by atoms with Gasteiger partial charge in [-0.15, -0.1) is 0 Å². The topological polar surface area (TPSA) is 89.5 Å². The maximum atomic E-state index is 13.7. The standard InChI is InChI=1S/C36H56O8/c1-32(2,3)42-30(37)26-36(31(38)43-33(4,5)6)29(27-41-34(7,8)44-36)20-16-11-9-10-12-17-22-35(39-24-25-40-35)23-21-28-18-14-13-15-19-28/h13-16,18-20,29H,9-12,17,21-27H2,1-8H3/b20-16+/t29-,36+/m1/s1. The van der Waals surface area contributed by atoms with Gasteiger partial charge in [0.2, 0.25) is 0 Å². The summed E-state index contributed by atoms with van der Waals surface area (Å²) in [5, 5.41) is 0. The van der Waals surface area contributed by atoms with Crippen LogP contribution < -0.4 is 0 Å². The molecule has 0 aliphatic carbocycles. The first-order valence-corrected chi connectivity index (χ1v) is 16.3. The molecule has 0 spiro atoms. The number of esters is 2. The molecule has 0 bridgehead atoms. The minimum atomic E-state index is -1.57. The third-order valence-corrected chi connectivity index (χ3v) is 7.71. The van der Waals surface area contributed by atoms with Crippen LogP contribution in [0, 0.1) is 5.92 Å². The first-order valence-electron chi connectivity index (χ1n) is 16.3. The zero-order chi connectivity index (χ0) is 32.5. The average Bonchev–Trinajstić information content (AvgIpc) is 3.37. The van der Waals surface area contributed by atoms with Crippen molar-refractivity contribution in [1.29, 1.82) is 0 Å². The van der Waals surface area contributed by atoms with Crippen LogP contribution in [0.3, 0.4) is 0 Å². The molecular formula is C36H56O8. The number of ether oxygens (including phenoxy) is 6. The van der Waals surface area contributed by atoms with Gasteiger partial charge in [0.25, 0.3) is 0 Å². The third-order valence-electron chi connectivity index (χ3n) is 7.71. The lowest BCUT2D eigenvalue weighted by Crippen LogP contribution is -2.61. The summed E-state index contributed by atoms with van der Waals surface area (Å²) in [6.45, 7) is 15.8. The molecule has 1 aromatic rings. The molecule has 2 heterocycles. The number of aryl methyl sites for hydroxylation is 1. The third kappa shape index (κ3) is 11.6. The van der Waals surface area contributed by atoms with Crippen LogP contribution in [-0.4, -0.2) is 60.1 Å². The van der Waals surface area contributed by atoms with E-state index in [9.17, 15) is 9.59 Å². The smallest absolute Gasteiger partial charge is 0.340 e. The second-order valence-electron chi connectivity index (χ2n) is 14.5. The molecule has 44 heavy (non-hydrogen) atoms. The van der Waals surface area contributed by atoms with E-state index in [2.05, 4.69) is 30.3 Å². The Bertz CT molecular complexity index is 1080. The average molecular weight is 617 g/mol. The molecule has 1 aromatic carbocycles. The van der Waals surface area contributed by atoms with E-state index in [0.29, 0.717) is 13.2 Å². The normalized spacial score (nSPS) is 23.5. The Kier molecular flexibility index (Phi) is 12.6. The molecule has 2 saturated heterocycles. The summed E-state index contributed by atoms with van der Waals surface area (Å²) in [6, 6.07) is 10.5. The van der Waals surface area contributed by atoms with Crippen molar-refractivity contribution in [2.45, 2.75) is 142 Å². The van der Waals surface area contributed by atoms with Crippen LogP contribution in [0.4, 0.5) is 0 Å². The highest BCUT2D eigenvalue weighted by Crippen LogP contribution is 2.41. The first kappa shape index (κ1) is 36.2. The van der Waals surface area contributed by atoms with Crippen molar-refractivity contribution in [3.63, 3.8) is 0 Å². The summed E-state index contributed by atoms with van der Waals surface area (Å²) >= 11 is 0. The number of hydrogen-bond donors (Lipinski definition) is 0. The zero-order valence-electron chi connectivity index (χ0n) is 28.4. The van der Waals surface area contributed by atoms with Crippen molar-refractivity contribution in [2.24, 2.45) is 5.92 Å². The number of benzene rings is 1. The number of allylic oxidation sites excluding steroid dienone is 1. The van der Waals surface area contributed by atoms with E-state index >= 15 is 0 Å². The molecule has 248 valence electrons. The van der Waals surface area contributed by atoms with Crippen LogP contribution in [0.25, 0.3) is 0 Å². The van der Waals surface area contributed by atoms with Gasteiger partial charge in [-0.3, -0.25) is 4.79 Å². The quantitative estimate of drug-likeness (QED) is 0.121. The Balaban J connectivity index is 1.56. The summed E-state index contributed by atoms with van der Waals surface area (Å²) in [5.74, 6) is -3.16. The van der Waals surface area contributed by atoms with E-state index in [1.54, 1.807) is 55.4 Å². The molecule has 2 aliphatic heterocycles. The minimum absolute atomic E-state index is 0.219. The van der Waals surface area contributed by atoms with Gasteiger partial charge in [-0.25, -0.2) is 4.79 Å². The summed E-state index contributed by atoms with van der Waals surface area (Å²) in [4.78, 5) is 26.8. The van der Waals surface area contributed by atoms with Crippen LogP contribution in [0.5, 0.6) is 0 Å². The van der Waals surface area contributed by atoms with Gasteiger partial charge < -0.3 is 28.4 Å². The lowest BCUT2D eigenvalue weighted by molar-refractivity contribution is -0.323. The van der Waals surface area contributed by atoms with Crippen LogP contribution in [0.2, 0.25) is 0 Å². The van der Waals surface area contributed by atoms with Gasteiger partial charge in [0.1, 0.15) is 11.2 Å². The van der Waals surface area contributed by atoms with Gasteiger partial charge in [0.05, 0.1) is 26.2 Å². The first-order chi connectivity index (χ1) is 20.5. The van der Waals surface area contributed by atoms with Crippen molar-refractivity contribution >= 4 is 11.9 Å². The maximum absolute atomic E-state index is 13.7. The molecule has 0 radical (unpaired) electrons. The van der Waals surface area contributed by atoms with Gasteiger partial charge in [-0.05, 0) is 86.6 Å². The van der Waals surface area contributed by atoms with E-state index in [0.717, 1.165) is 51.4 Å². The van der Waals surface area contributed by atoms with Crippen LogP contribution >= 0.6 is 0 Å². The highest BCUT2D eigenvalue weighted by molar-refractivity contribution is 5.87. The van der Waals surface area contributed by atoms with Crippen molar-refractivity contribution in [1.82, 2.24) is 0 Å². The van der Waals surface area contributed by atoms with Crippen LogP contribution in [0.1, 0.15) is 112 Å². The van der Waals surface area contributed by atoms with E-state index < -0.39 is 46.2 Å². The molecule has 3 rings (SSSR count). The molecule has 0 amide bonds. The molecule has 2 aliphatic rings. The molecule has 0 aromatic heterocycles. The number of carbonyl (C=O) groups excluding carboxylic acids is 2. The molecule has 0 N–H and O–H groups in total. The van der Waals surface area contributed by atoms with E-state index in [1.165, 1.54) is 5.56 Å². The van der Waals surface area contributed by atoms with E-state index in [4.69, 9.17) is 28.4 Å². The fourth-order valence-electron chi connectivity index (χ4n) is 5.73. The van der Waals surface area contributed by atoms with Crippen LogP contribution in [-0.2, 0) is 44.4 Å². The monoisotopic (exact) mass is 616 g/mol. The zero-order valence-corrected chi connectivity index (χ0v) is 28.4. The summed E-state index contributed by atoms with van der Waals surface area (Å²) < 4.78 is 35.9. The molecule has 8 heteroatoms. The highest BCUT2D eigenvalue weighted by Gasteiger charge is 2.57. The van der Waals surface area contributed by atoms with Gasteiger partial charge in [0, 0.05) is 18.8 Å². The Morgan fingerprint density at radius 2 is 1.50 bits per heavy atom. The molecule has 0 unspecified atom stereocenters. The number of carbonyl (C=O) groups is 2. The van der Waals surface area contributed by atoms with Gasteiger partial charge >= 0.3 is 11.9 Å². The van der Waals surface area contributed by atoms with Gasteiger partial charge in [0.15, 0.2) is 17.2 Å². The van der Waals surface area contributed by atoms with Crippen LogP contribution in [0.15, 0.2) is 42.5 Å². The minimum Gasteiger partial charge on any atom is -0.460 e. The van der Waals surface area contributed by atoms with Crippen molar-refractivity contribution in [2.75, 3.05) is 19.8 Å². The Hall–Kier alpha value is -2.26. The Morgan fingerprint density at radius 3 is 2.14 bits per heavy atom.